The maximum atomic E-state index is 9.30. The van der Waals surface area contributed by atoms with Crippen LogP contribution in [-0.2, 0) is 0 Å². The monoisotopic (exact) mass is 263 g/mol. The number of hydrogen-bond donors (Lipinski definition) is 2. The lowest BCUT2D eigenvalue weighted by Gasteiger charge is -2.07. The zero-order chi connectivity index (χ0) is 13.9. The van der Waals surface area contributed by atoms with Crippen molar-refractivity contribution in [3.05, 3.63) is 60.8 Å². The molecule has 0 unspecified atom stereocenters. The van der Waals surface area contributed by atoms with E-state index < -0.39 is 0 Å². The van der Waals surface area contributed by atoms with Gasteiger partial charge in [0, 0.05) is 17.3 Å². The Kier molecular flexibility index (Phi) is 3.05. The van der Waals surface area contributed by atoms with Crippen LogP contribution in [0.5, 0.6) is 5.75 Å². The summed E-state index contributed by atoms with van der Waals surface area (Å²) < 4.78 is 0. The van der Waals surface area contributed by atoms with Crippen LogP contribution in [0.1, 0.15) is 0 Å². The van der Waals surface area contributed by atoms with Crippen molar-refractivity contribution in [2.24, 2.45) is 0 Å². The Morgan fingerprint density at radius 2 is 1.55 bits per heavy atom. The standard InChI is InChI=1S/C16H13N3O/c17-15-14(11-6-8-13(20)9-7-11)10-18-16(19-15)12-4-2-1-3-5-12/h1-10,20H,(H2,17,18,19). The molecule has 0 saturated heterocycles. The summed E-state index contributed by atoms with van der Waals surface area (Å²) in [6.45, 7) is 0. The average molecular weight is 263 g/mol. The number of nitrogens with two attached hydrogens (primary N) is 1. The number of aromatic nitrogens is 2. The molecule has 1 heterocycles. The molecule has 0 aliphatic carbocycles. The van der Waals surface area contributed by atoms with Crippen LogP contribution in [0, 0.1) is 0 Å². The van der Waals surface area contributed by atoms with Crippen LogP contribution in [0.4, 0.5) is 5.82 Å². The SMILES string of the molecule is Nc1nc(-c2ccccc2)ncc1-c1ccc(O)cc1. The number of phenolic OH excluding ortho intramolecular Hbond substituents is 1. The van der Waals surface area contributed by atoms with Crippen molar-refractivity contribution in [1.29, 1.82) is 0 Å². The maximum Gasteiger partial charge on any atom is 0.161 e. The molecule has 3 rings (SSSR count). The van der Waals surface area contributed by atoms with Crippen LogP contribution < -0.4 is 5.73 Å². The number of rotatable bonds is 2. The highest BCUT2D eigenvalue weighted by Crippen LogP contribution is 2.27. The zero-order valence-electron chi connectivity index (χ0n) is 10.7. The summed E-state index contributed by atoms with van der Waals surface area (Å²) in [7, 11) is 0. The van der Waals surface area contributed by atoms with Crippen LogP contribution in [-0.4, -0.2) is 15.1 Å². The van der Waals surface area contributed by atoms with Crippen molar-refractivity contribution in [1.82, 2.24) is 9.97 Å². The van der Waals surface area contributed by atoms with Crippen LogP contribution >= 0.6 is 0 Å². The van der Waals surface area contributed by atoms with E-state index in [1.165, 1.54) is 0 Å². The molecule has 0 radical (unpaired) electrons. The number of aromatic hydroxyl groups is 1. The van der Waals surface area contributed by atoms with E-state index in [1.54, 1.807) is 30.5 Å². The van der Waals surface area contributed by atoms with Gasteiger partial charge in [-0.15, -0.1) is 0 Å². The lowest BCUT2D eigenvalue weighted by molar-refractivity contribution is 0.475. The molecule has 20 heavy (non-hydrogen) atoms. The van der Waals surface area contributed by atoms with Crippen molar-refractivity contribution < 1.29 is 5.11 Å². The fourth-order valence-electron chi connectivity index (χ4n) is 1.98. The molecule has 0 fully saturated rings. The fourth-order valence-corrected chi connectivity index (χ4v) is 1.98. The first kappa shape index (κ1) is 12.2. The molecule has 3 N–H and O–H groups in total. The first-order valence-electron chi connectivity index (χ1n) is 6.21. The molecular weight excluding hydrogens is 250 g/mol. The van der Waals surface area contributed by atoms with E-state index in [9.17, 15) is 5.11 Å². The second kappa shape index (κ2) is 5.01. The number of benzene rings is 2. The molecule has 4 nitrogen and oxygen atoms in total. The van der Waals surface area contributed by atoms with E-state index in [-0.39, 0.29) is 5.75 Å². The highest BCUT2D eigenvalue weighted by Gasteiger charge is 2.08. The predicted molar refractivity (Wildman–Crippen MR) is 79.0 cm³/mol. The Bertz CT molecular complexity index is 724. The number of nitrogens with zero attached hydrogens (tertiary/aromatic N) is 2. The van der Waals surface area contributed by atoms with E-state index >= 15 is 0 Å². The lowest BCUT2D eigenvalue weighted by Crippen LogP contribution is -1.98. The van der Waals surface area contributed by atoms with E-state index in [4.69, 9.17) is 5.73 Å². The van der Waals surface area contributed by atoms with Gasteiger partial charge in [0.05, 0.1) is 0 Å². The van der Waals surface area contributed by atoms with Gasteiger partial charge >= 0.3 is 0 Å². The van der Waals surface area contributed by atoms with E-state index in [0.29, 0.717) is 11.6 Å². The summed E-state index contributed by atoms with van der Waals surface area (Å²) in [5.74, 6) is 1.24. The van der Waals surface area contributed by atoms with Gasteiger partial charge in [0.15, 0.2) is 5.82 Å². The average Bonchev–Trinajstić information content (AvgIpc) is 2.49. The molecule has 0 saturated carbocycles. The summed E-state index contributed by atoms with van der Waals surface area (Å²) in [5, 5.41) is 9.30. The molecule has 0 atom stereocenters. The minimum Gasteiger partial charge on any atom is -0.508 e. The van der Waals surface area contributed by atoms with Crippen molar-refractivity contribution in [2.75, 3.05) is 5.73 Å². The van der Waals surface area contributed by atoms with Crippen LogP contribution in [0.15, 0.2) is 60.8 Å². The minimum absolute atomic E-state index is 0.217. The van der Waals surface area contributed by atoms with Gasteiger partial charge in [-0.05, 0) is 17.7 Å². The molecule has 98 valence electrons. The highest BCUT2D eigenvalue weighted by molar-refractivity contribution is 5.74. The number of anilines is 1. The third-order valence-electron chi connectivity index (χ3n) is 3.03. The van der Waals surface area contributed by atoms with Crippen molar-refractivity contribution in [3.63, 3.8) is 0 Å². The van der Waals surface area contributed by atoms with Crippen molar-refractivity contribution in [3.8, 4) is 28.3 Å². The lowest BCUT2D eigenvalue weighted by atomic mass is 10.1. The topological polar surface area (TPSA) is 72.0 Å². The van der Waals surface area contributed by atoms with Gasteiger partial charge in [-0.3, -0.25) is 0 Å². The third-order valence-corrected chi connectivity index (χ3v) is 3.03. The first-order valence-corrected chi connectivity index (χ1v) is 6.21. The summed E-state index contributed by atoms with van der Waals surface area (Å²) >= 11 is 0. The van der Waals surface area contributed by atoms with Gasteiger partial charge in [0.2, 0.25) is 0 Å². The second-order valence-electron chi connectivity index (χ2n) is 4.41. The summed E-state index contributed by atoms with van der Waals surface area (Å²) in [6.07, 6.45) is 1.71. The number of hydrogen-bond acceptors (Lipinski definition) is 4. The van der Waals surface area contributed by atoms with Gasteiger partial charge < -0.3 is 10.8 Å². The van der Waals surface area contributed by atoms with Crippen molar-refractivity contribution in [2.45, 2.75) is 0 Å². The van der Waals surface area contributed by atoms with Gasteiger partial charge in [0.25, 0.3) is 0 Å². The van der Waals surface area contributed by atoms with Gasteiger partial charge in [0.1, 0.15) is 11.6 Å². The summed E-state index contributed by atoms with van der Waals surface area (Å²) in [6, 6.07) is 16.5. The van der Waals surface area contributed by atoms with Gasteiger partial charge in [-0.1, -0.05) is 42.5 Å². The molecule has 0 aliphatic rings. The second-order valence-corrected chi connectivity index (χ2v) is 4.41. The molecule has 1 aromatic heterocycles. The van der Waals surface area contributed by atoms with E-state index in [1.807, 2.05) is 30.3 Å². The largest absolute Gasteiger partial charge is 0.508 e. The quantitative estimate of drug-likeness (QED) is 0.745. The normalized spacial score (nSPS) is 10.4. The molecule has 4 heteroatoms. The maximum absolute atomic E-state index is 9.30. The highest BCUT2D eigenvalue weighted by atomic mass is 16.3. The Balaban J connectivity index is 2.02. The van der Waals surface area contributed by atoms with E-state index in [0.717, 1.165) is 16.7 Å². The molecule has 3 aromatic rings. The molecule has 0 spiro atoms. The molecule has 0 bridgehead atoms. The summed E-state index contributed by atoms with van der Waals surface area (Å²) in [5.41, 5.74) is 8.57. The van der Waals surface area contributed by atoms with Crippen LogP contribution in [0.3, 0.4) is 0 Å². The Morgan fingerprint density at radius 3 is 2.20 bits per heavy atom. The van der Waals surface area contributed by atoms with Gasteiger partial charge in [-0.2, -0.15) is 0 Å². The molecule has 0 amide bonds. The predicted octanol–water partition coefficient (Wildman–Crippen LogP) is 3.10. The first-order chi connectivity index (χ1) is 9.74. The Morgan fingerprint density at radius 1 is 0.850 bits per heavy atom. The van der Waals surface area contributed by atoms with E-state index in [2.05, 4.69) is 9.97 Å². The number of phenols is 1. The number of nitrogen functional groups attached to an aromatic ring is 1. The van der Waals surface area contributed by atoms with Crippen LogP contribution in [0.2, 0.25) is 0 Å². The fraction of sp³-hybridized carbons (Fsp3) is 0. The smallest absolute Gasteiger partial charge is 0.161 e. The van der Waals surface area contributed by atoms with Crippen molar-refractivity contribution >= 4 is 5.82 Å². The molecular formula is C16H13N3O. The Hall–Kier alpha value is -2.88. The minimum atomic E-state index is 0.217. The zero-order valence-corrected chi connectivity index (χ0v) is 10.7. The van der Waals surface area contributed by atoms with Gasteiger partial charge in [-0.25, -0.2) is 9.97 Å². The van der Waals surface area contributed by atoms with Crippen LogP contribution in [0.25, 0.3) is 22.5 Å². The molecule has 2 aromatic carbocycles. The Labute approximate surface area is 116 Å². The molecule has 0 aliphatic heterocycles. The summed E-state index contributed by atoms with van der Waals surface area (Å²) in [4.78, 5) is 8.70. The third kappa shape index (κ3) is 2.31.